The van der Waals surface area contributed by atoms with Gasteiger partial charge in [-0.05, 0) is 24.3 Å². The number of nitrogens with zero attached hydrogens (tertiary/aromatic N) is 2. The molecule has 0 atom stereocenters. The Morgan fingerprint density at radius 3 is 2.33 bits per heavy atom. The van der Waals surface area contributed by atoms with Crippen LogP contribution in [-0.2, 0) is 19.4 Å². The lowest BCUT2D eigenvalue weighted by molar-refractivity contribution is -0.121. The maximum absolute atomic E-state index is 12.5. The lowest BCUT2D eigenvalue weighted by Crippen LogP contribution is -2.35. The van der Waals surface area contributed by atoms with E-state index in [-0.39, 0.29) is 23.4 Å². The van der Waals surface area contributed by atoms with Crippen LogP contribution in [0.1, 0.15) is 16.8 Å². The van der Waals surface area contributed by atoms with Crippen molar-refractivity contribution < 1.29 is 22.7 Å². The van der Waals surface area contributed by atoms with Gasteiger partial charge < -0.3 is 9.64 Å². The SMILES string of the molecule is CS(=O)(=O)c1ccccc1C(=O)OCC(=O)N(CCC#N)c1ccccc1. The fourth-order valence-electron chi connectivity index (χ4n) is 2.41. The van der Waals surface area contributed by atoms with Gasteiger partial charge in [-0.25, -0.2) is 13.2 Å². The van der Waals surface area contributed by atoms with E-state index in [9.17, 15) is 18.0 Å². The highest BCUT2D eigenvalue weighted by molar-refractivity contribution is 7.90. The third-order valence-corrected chi connectivity index (χ3v) is 4.80. The van der Waals surface area contributed by atoms with Crippen molar-refractivity contribution in [1.82, 2.24) is 0 Å². The normalized spacial score (nSPS) is 10.7. The van der Waals surface area contributed by atoms with E-state index in [1.165, 1.54) is 29.2 Å². The molecule has 0 radical (unpaired) electrons. The molecule has 0 aromatic heterocycles. The van der Waals surface area contributed by atoms with Gasteiger partial charge >= 0.3 is 5.97 Å². The molecule has 0 spiro atoms. The molecule has 8 heteroatoms. The van der Waals surface area contributed by atoms with Crippen molar-refractivity contribution in [3.63, 3.8) is 0 Å². The van der Waals surface area contributed by atoms with Gasteiger partial charge in [0.05, 0.1) is 22.9 Å². The molecule has 140 valence electrons. The molecule has 2 aromatic rings. The standard InChI is InChI=1S/C19H18N2O5S/c1-27(24,25)17-11-6-5-10-16(17)19(23)26-14-18(22)21(13-7-12-20)15-8-3-2-4-9-15/h2-6,8-11H,7,13-14H2,1H3. The molecule has 0 aliphatic carbocycles. The van der Waals surface area contributed by atoms with Crippen LogP contribution in [0.5, 0.6) is 0 Å². The average molecular weight is 386 g/mol. The van der Waals surface area contributed by atoms with E-state index in [0.717, 1.165) is 6.26 Å². The van der Waals surface area contributed by atoms with Crippen LogP contribution in [-0.4, -0.2) is 39.7 Å². The number of benzene rings is 2. The Balaban J connectivity index is 2.14. The number of carbonyl (C=O) groups is 2. The number of hydrogen-bond acceptors (Lipinski definition) is 6. The topological polar surface area (TPSA) is 105 Å². The predicted octanol–water partition coefficient (Wildman–Crippen LogP) is 2.19. The summed E-state index contributed by atoms with van der Waals surface area (Å²) in [5, 5.41) is 8.79. The molecule has 1 amide bonds. The summed E-state index contributed by atoms with van der Waals surface area (Å²) >= 11 is 0. The summed E-state index contributed by atoms with van der Waals surface area (Å²) in [4.78, 5) is 26.0. The third kappa shape index (κ3) is 5.39. The Bertz CT molecular complexity index is 965. The highest BCUT2D eigenvalue weighted by atomic mass is 32.2. The zero-order valence-electron chi connectivity index (χ0n) is 14.7. The molecular weight excluding hydrogens is 368 g/mol. The van der Waals surface area contributed by atoms with Gasteiger partial charge in [0.25, 0.3) is 5.91 Å². The molecule has 0 fully saturated rings. The summed E-state index contributed by atoms with van der Waals surface area (Å²) in [6.07, 6.45) is 1.11. The van der Waals surface area contributed by atoms with Crippen molar-refractivity contribution in [3.8, 4) is 6.07 Å². The zero-order chi connectivity index (χ0) is 19.9. The molecule has 0 heterocycles. The number of esters is 1. The molecule has 0 saturated heterocycles. The Morgan fingerprint density at radius 2 is 1.70 bits per heavy atom. The number of sulfone groups is 1. The van der Waals surface area contributed by atoms with Gasteiger partial charge in [-0.1, -0.05) is 30.3 Å². The number of carbonyl (C=O) groups excluding carboxylic acids is 2. The molecule has 2 aromatic carbocycles. The fraction of sp³-hybridized carbons (Fsp3) is 0.211. The second kappa shape index (κ2) is 8.96. The minimum absolute atomic E-state index is 0.117. The first-order valence-electron chi connectivity index (χ1n) is 8.03. The van der Waals surface area contributed by atoms with Gasteiger partial charge in [-0.15, -0.1) is 0 Å². The molecule has 0 unspecified atom stereocenters. The Kier molecular flexibility index (Phi) is 6.68. The van der Waals surface area contributed by atoms with Gasteiger partial charge in [0.1, 0.15) is 0 Å². The second-order valence-electron chi connectivity index (χ2n) is 5.63. The quantitative estimate of drug-likeness (QED) is 0.676. The largest absolute Gasteiger partial charge is 0.452 e. The van der Waals surface area contributed by atoms with Crippen molar-refractivity contribution in [2.24, 2.45) is 0 Å². The summed E-state index contributed by atoms with van der Waals surface area (Å²) in [7, 11) is -3.62. The van der Waals surface area contributed by atoms with Crippen molar-refractivity contribution in [3.05, 3.63) is 60.2 Å². The molecule has 0 N–H and O–H groups in total. The molecular formula is C19H18N2O5S. The maximum Gasteiger partial charge on any atom is 0.339 e. The molecule has 0 aliphatic rings. The second-order valence-corrected chi connectivity index (χ2v) is 7.62. The summed E-state index contributed by atoms with van der Waals surface area (Å²) in [6.45, 7) is -0.423. The smallest absolute Gasteiger partial charge is 0.339 e. The Hall–Kier alpha value is -3.18. The highest BCUT2D eigenvalue weighted by Crippen LogP contribution is 2.17. The molecule has 27 heavy (non-hydrogen) atoms. The van der Waals surface area contributed by atoms with Crippen molar-refractivity contribution in [1.29, 1.82) is 5.26 Å². The molecule has 2 rings (SSSR count). The van der Waals surface area contributed by atoms with Crippen molar-refractivity contribution >= 4 is 27.4 Å². The van der Waals surface area contributed by atoms with Gasteiger partial charge in [0.15, 0.2) is 16.4 Å². The lowest BCUT2D eigenvalue weighted by Gasteiger charge is -2.21. The minimum Gasteiger partial charge on any atom is -0.452 e. The number of ether oxygens (including phenoxy) is 1. The molecule has 0 bridgehead atoms. The van der Waals surface area contributed by atoms with E-state index in [0.29, 0.717) is 5.69 Å². The Morgan fingerprint density at radius 1 is 1.07 bits per heavy atom. The maximum atomic E-state index is 12.5. The summed E-state index contributed by atoms with van der Waals surface area (Å²) < 4.78 is 28.6. The van der Waals surface area contributed by atoms with E-state index in [1.807, 2.05) is 6.07 Å². The first-order valence-corrected chi connectivity index (χ1v) is 9.92. The number of hydrogen-bond donors (Lipinski definition) is 0. The van der Waals surface area contributed by atoms with Gasteiger partial charge in [-0.2, -0.15) is 5.26 Å². The van der Waals surface area contributed by atoms with Crippen molar-refractivity contribution in [2.45, 2.75) is 11.3 Å². The van der Waals surface area contributed by atoms with Crippen LogP contribution in [0.4, 0.5) is 5.69 Å². The van der Waals surface area contributed by atoms with Gasteiger partial charge in [0, 0.05) is 18.5 Å². The van der Waals surface area contributed by atoms with Crippen LogP contribution in [0.3, 0.4) is 0 Å². The minimum atomic E-state index is -3.62. The number of anilines is 1. The van der Waals surface area contributed by atoms with Gasteiger partial charge in [-0.3, -0.25) is 4.79 Å². The predicted molar refractivity (Wildman–Crippen MR) is 98.9 cm³/mol. The average Bonchev–Trinajstić information content (AvgIpc) is 2.66. The molecule has 0 aliphatic heterocycles. The van der Waals surface area contributed by atoms with Crippen LogP contribution in [0.15, 0.2) is 59.5 Å². The van der Waals surface area contributed by atoms with Crippen LogP contribution in [0, 0.1) is 11.3 Å². The van der Waals surface area contributed by atoms with Gasteiger partial charge in [0.2, 0.25) is 0 Å². The molecule has 0 saturated carbocycles. The lowest BCUT2D eigenvalue weighted by atomic mass is 10.2. The van der Waals surface area contributed by atoms with E-state index in [4.69, 9.17) is 10.00 Å². The van der Waals surface area contributed by atoms with E-state index in [2.05, 4.69) is 0 Å². The van der Waals surface area contributed by atoms with Crippen LogP contribution in [0.25, 0.3) is 0 Å². The summed E-state index contributed by atoms with van der Waals surface area (Å²) in [5.41, 5.74) is 0.446. The third-order valence-electron chi connectivity index (χ3n) is 3.65. The zero-order valence-corrected chi connectivity index (χ0v) is 15.5. The monoisotopic (exact) mass is 386 g/mol. The highest BCUT2D eigenvalue weighted by Gasteiger charge is 2.22. The van der Waals surface area contributed by atoms with E-state index in [1.54, 1.807) is 30.3 Å². The first kappa shape index (κ1) is 20.1. The fourth-order valence-corrected chi connectivity index (χ4v) is 3.29. The van der Waals surface area contributed by atoms with E-state index >= 15 is 0 Å². The number of nitriles is 1. The number of para-hydroxylation sites is 1. The van der Waals surface area contributed by atoms with Crippen LogP contribution in [0.2, 0.25) is 0 Å². The number of amides is 1. The summed E-state index contributed by atoms with van der Waals surface area (Å²) in [5.74, 6) is -1.42. The first-order chi connectivity index (χ1) is 12.8. The van der Waals surface area contributed by atoms with Crippen LogP contribution < -0.4 is 4.90 Å². The summed E-state index contributed by atoms with van der Waals surface area (Å²) in [6, 6.07) is 16.3. The van der Waals surface area contributed by atoms with Crippen molar-refractivity contribution in [2.75, 3.05) is 24.3 Å². The van der Waals surface area contributed by atoms with E-state index < -0.39 is 28.3 Å². The van der Waals surface area contributed by atoms with Crippen LogP contribution >= 0.6 is 0 Å². The molecule has 7 nitrogen and oxygen atoms in total. The Labute approximate surface area is 157 Å². The number of rotatable bonds is 7.